The minimum absolute atomic E-state index is 0.0158. The molecule has 3 rings (SSSR count). The fourth-order valence-electron chi connectivity index (χ4n) is 2.40. The predicted molar refractivity (Wildman–Crippen MR) is 70.6 cm³/mol. The molecule has 0 saturated carbocycles. The van der Waals surface area contributed by atoms with E-state index in [2.05, 4.69) is 29.2 Å². The topological polar surface area (TPSA) is 48.2 Å². The third-order valence-corrected chi connectivity index (χ3v) is 3.59. The molecule has 0 aliphatic carbocycles. The van der Waals surface area contributed by atoms with Crippen LogP contribution in [0.4, 0.5) is 0 Å². The Morgan fingerprint density at radius 3 is 2.79 bits per heavy atom. The Kier molecular flexibility index (Phi) is 3.60. The Balaban J connectivity index is 1.62. The van der Waals surface area contributed by atoms with Crippen LogP contribution in [0.5, 0.6) is 0 Å². The first-order valence-corrected chi connectivity index (χ1v) is 6.81. The van der Waals surface area contributed by atoms with Gasteiger partial charge in [0.1, 0.15) is 6.10 Å². The molecule has 0 N–H and O–H groups in total. The highest BCUT2D eigenvalue weighted by Crippen LogP contribution is 2.32. The number of hydrogen-bond acceptors (Lipinski definition) is 4. The van der Waals surface area contributed by atoms with Crippen molar-refractivity contribution in [1.82, 2.24) is 10.1 Å². The van der Waals surface area contributed by atoms with Gasteiger partial charge in [0.15, 0.2) is 5.82 Å². The summed E-state index contributed by atoms with van der Waals surface area (Å²) in [7, 11) is 0. The summed E-state index contributed by atoms with van der Waals surface area (Å²) < 4.78 is 11.0. The summed E-state index contributed by atoms with van der Waals surface area (Å²) in [6.45, 7) is 2.94. The molecule has 2 heterocycles. The van der Waals surface area contributed by atoms with Crippen molar-refractivity contribution in [3.05, 3.63) is 47.6 Å². The van der Waals surface area contributed by atoms with Crippen LogP contribution in [0.3, 0.4) is 0 Å². The van der Waals surface area contributed by atoms with Crippen molar-refractivity contribution in [3.8, 4) is 0 Å². The number of hydrogen-bond donors (Lipinski definition) is 0. The molecule has 1 fully saturated rings. The van der Waals surface area contributed by atoms with Crippen LogP contribution >= 0.6 is 0 Å². The van der Waals surface area contributed by atoms with E-state index in [1.807, 2.05) is 18.2 Å². The van der Waals surface area contributed by atoms with E-state index in [0.29, 0.717) is 11.8 Å². The van der Waals surface area contributed by atoms with Crippen molar-refractivity contribution in [2.24, 2.45) is 5.92 Å². The first-order chi connectivity index (χ1) is 9.33. The van der Waals surface area contributed by atoms with Crippen LogP contribution in [0, 0.1) is 5.92 Å². The van der Waals surface area contributed by atoms with Gasteiger partial charge in [-0.2, -0.15) is 4.98 Å². The highest BCUT2D eigenvalue weighted by Gasteiger charge is 2.30. The lowest BCUT2D eigenvalue weighted by Crippen LogP contribution is -2.04. The number of rotatable bonds is 4. The van der Waals surface area contributed by atoms with Crippen molar-refractivity contribution in [2.75, 3.05) is 6.61 Å². The van der Waals surface area contributed by atoms with Gasteiger partial charge in [-0.15, -0.1) is 0 Å². The molecule has 1 aromatic carbocycles. The highest BCUT2D eigenvalue weighted by molar-refractivity contribution is 5.15. The summed E-state index contributed by atoms with van der Waals surface area (Å²) in [6, 6.07) is 10.3. The van der Waals surface area contributed by atoms with Gasteiger partial charge >= 0.3 is 0 Å². The minimum atomic E-state index is -0.0158. The molecule has 1 saturated heterocycles. The first-order valence-electron chi connectivity index (χ1n) is 6.81. The number of benzene rings is 1. The van der Waals surface area contributed by atoms with Crippen molar-refractivity contribution in [3.63, 3.8) is 0 Å². The molecule has 0 unspecified atom stereocenters. The average molecular weight is 258 g/mol. The van der Waals surface area contributed by atoms with E-state index < -0.39 is 0 Å². The molecule has 1 aromatic heterocycles. The van der Waals surface area contributed by atoms with E-state index in [1.165, 1.54) is 5.56 Å². The molecule has 0 spiro atoms. The Labute approximate surface area is 112 Å². The molecular formula is C15H18N2O2. The molecule has 100 valence electrons. The van der Waals surface area contributed by atoms with Gasteiger partial charge in [-0.1, -0.05) is 42.4 Å². The fraction of sp³-hybridized carbons (Fsp3) is 0.467. The second-order valence-electron chi connectivity index (χ2n) is 5.09. The second kappa shape index (κ2) is 5.53. The smallest absolute Gasteiger partial charge is 0.256 e. The molecule has 0 radical (unpaired) electrons. The number of ether oxygens (including phenoxy) is 1. The summed E-state index contributed by atoms with van der Waals surface area (Å²) in [6.07, 6.45) is 2.78. The summed E-state index contributed by atoms with van der Waals surface area (Å²) in [5.41, 5.74) is 1.29. The second-order valence-corrected chi connectivity index (χ2v) is 5.09. The van der Waals surface area contributed by atoms with Crippen molar-refractivity contribution in [2.45, 2.75) is 32.3 Å². The van der Waals surface area contributed by atoms with Gasteiger partial charge in [0.25, 0.3) is 5.89 Å². The number of nitrogens with zero attached hydrogens (tertiary/aromatic N) is 2. The normalized spacial score (nSPS) is 22.8. The molecule has 0 bridgehead atoms. The van der Waals surface area contributed by atoms with E-state index in [0.717, 1.165) is 31.7 Å². The Morgan fingerprint density at radius 1 is 1.21 bits per heavy atom. The Hall–Kier alpha value is -1.68. The summed E-state index contributed by atoms with van der Waals surface area (Å²) in [5.74, 6) is 1.86. The molecule has 1 aliphatic rings. The van der Waals surface area contributed by atoms with Crippen molar-refractivity contribution < 1.29 is 9.26 Å². The number of aryl methyl sites for hydroxylation is 2. The van der Waals surface area contributed by atoms with E-state index in [-0.39, 0.29) is 6.10 Å². The van der Waals surface area contributed by atoms with Gasteiger partial charge in [0.05, 0.1) is 0 Å². The maximum absolute atomic E-state index is 5.63. The Bertz CT molecular complexity index is 524. The van der Waals surface area contributed by atoms with E-state index >= 15 is 0 Å². The maximum Gasteiger partial charge on any atom is 0.256 e. The SMILES string of the molecule is C[C@H]1CCO[C@H]1c1nc(CCc2ccccc2)no1. The molecule has 2 atom stereocenters. The molecule has 1 aliphatic heterocycles. The van der Waals surface area contributed by atoms with Crippen LogP contribution in [0.2, 0.25) is 0 Å². The van der Waals surface area contributed by atoms with Crippen LogP contribution in [0.25, 0.3) is 0 Å². The fourth-order valence-corrected chi connectivity index (χ4v) is 2.40. The zero-order valence-corrected chi connectivity index (χ0v) is 11.1. The lowest BCUT2D eigenvalue weighted by atomic mass is 10.0. The quantitative estimate of drug-likeness (QED) is 0.846. The molecule has 0 amide bonds. The van der Waals surface area contributed by atoms with Gasteiger partial charge in [0, 0.05) is 13.0 Å². The molecule has 4 heteroatoms. The van der Waals surface area contributed by atoms with Gasteiger partial charge < -0.3 is 9.26 Å². The zero-order valence-electron chi connectivity index (χ0n) is 11.1. The van der Waals surface area contributed by atoms with Crippen molar-refractivity contribution in [1.29, 1.82) is 0 Å². The lowest BCUT2D eigenvalue weighted by Gasteiger charge is -2.07. The first kappa shape index (κ1) is 12.4. The summed E-state index contributed by atoms with van der Waals surface area (Å²) in [5, 5.41) is 4.04. The van der Waals surface area contributed by atoms with Crippen molar-refractivity contribution >= 4 is 0 Å². The third kappa shape index (κ3) is 2.84. The molecular weight excluding hydrogens is 240 g/mol. The van der Waals surface area contributed by atoms with Gasteiger partial charge in [0.2, 0.25) is 0 Å². The minimum Gasteiger partial charge on any atom is -0.368 e. The van der Waals surface area contributed by atoms with E-state index in [4.69, 9.17) is 9.26 Å². The standard InChI is InChI=1S/C15H18N2O2/c1-11-9-10-18-14(11)15-16-13(17-19-15)8-7-12-5-3-2-4-6-12/h2-6,11,14H,7-10H2,1H3/t11-,14+/m0/s1. The van der Waals surface area contributed by atoms with Crippen LogP contribution in [-0.2, 0) is 17.6 Å². The van der Waals surface area contributed by atoms with Gasteiger partial charge in [-0.3, -0.25) is 0 Å². The van der Waals surface area contributed by atoms with Crippen LogP contribution in [0.1, 0.15) is 36.7 Å². The molecule has 4 nitrogen and oxygen atoms in total. The summed E-state index contributed by atoms with van der Waals surface area (Å²) >= 11 is 0. The lowest BCUT2D eigenvalue weighted by molar-refractivity contribution is 0.0661. The summed E-state index contributed by atoms with van der Waals surface area (Å²) in [4.78, 5) is 4.45. The third-order valence-electron chi connectivity index (χ3n) is 3.59. The van der Waals surface area contributed by atoms with Crippen LogP contribution in [0.15, 0.2) is 34.9 Å². The van der Waals surface area contributed by atoms with Gasteiger partial charge in [-0.05, 0) is 24.3 Å². The maximum atomic E-state index is 5.63. The van der Waals surface area contributed by atoms with E-state index in [9.17, 15) is 0 Å². The monoisotopic (exact) mass is 258 g/mol. The van der Waals surface area contributed by atoms with E-state index in [1.54, 1.807) is 0 Å². The molecule has 19 heavy (non-hydrogen) atoms. The largest absolute Gasteiger partial charge is 0.368 e. The van der Waals surface area contributed by atoms with Crippen LogP contribution in [-0.4, -0.2) is 16.7 Å². The zero-order chi connectivity index (χ0) is 13.1. The Morgan fingerprint density at radius 2 is 2.05 bits per heavy atom. The van der Waals surface area contributed by atoms with Crippen LogP contribution < -0.4 is 0 Å². The van der Waals surface area contributed by atoms with Gasteiger partial charge in [-0.25, -0.2) is 0 Å². The predicted octanol–water partition coefficient (Wildman–Crippen LogP) is 2.95. The number of aromatic nitrogens is 2. The highest BCUT2D eigenvalue weighted by atomic mass is 16.5. The average Bonchev–Trinajstić information content (AvgIpc) is 3.06. The molecule has 2 aromatic rings.